The van der Waals surface area contributed by atoms with E-state index in [1.807, 2.05) is 46.6 Å². The first-order valence-electron chi connectivity index (χ1n) is 7.88. The summed E-state index contributed by atoms with van der Waals surface area (Å²) in [5.74, 6) is 0.724. The zero-order valence-corrected chi connectivity index (χ0v) is 14.1. The summed E-state index contributed by atoms with van der Waals surface area (Å²) in [7, 11) is 1.95. The SMILES string of the molecule is Cn1c(-c2ccccc2)nn(C[NH+]2CCC(C(N)=O)CC2)c1=S. The molecule has 2 aromatic rings. The van der Waals surface area contributed by atoms with Gasteiger partial charge in [-0.1, -0.05) is 30.3 Å². The number of piperidine rings is 1. The highest BCUT2D eigenvalue weighted by Crippen LogP contribution is 2.16. The first-order chi connectivity index (χ1) is 11.1. The van der Waals surface area contributed by atoms with Crippen molar-refractivity contribution >= 4 is 18.1 Å². The molecule has 1 aromatic carbocycles. The number of quaternary nitrogens is 1. The molecule has 0 radical (unpaired) electrons. The molecule has 1 aliphatic rings. The number of rotatable bonds is 4. The van der Waals surface area contributed by atoms with Crippen LogP contribution in [-0.2, 0) is 18.5 Å². The fraction of sp³-hybridized carbons (Fsp3) is 0.438. The molecule has 0 saturated carbocycles. The summed E-state index contributed by atoms with van der Waals surface area (Å²) in [6.45, 7) is 2.57. The standard InChI is InChI=1S/C16H21N5OS/c1-19-15(13-5-3-2-4-6-13)18-21(16(19)23)11-20-9-7-12(8-10-20)14(17)22/h2-6,12H,7-11H2,1H3,(H2,17,22)/p+1. The molecule has 1 aromatic heterocycles. The van der Waals surface area contributed by atoms with Crippen LogP contribution in [-0.4, -0.2) is 33.3 Å². The van der Waals surface area contributed by atoms with E-state index in [0.29, 0.717) is 4.77 Å². The van der Waals surface area contributed by atoms with E-state index in [0.717, 1.165) is 44.0 Å². The number of carbonyl (C=O) groups is 1. The molecule has 3 rings (SSSR count). The van der Waals surface area contributed by atoms with E-state index >= 15 is 0 Å². The lowest BCUT2D eigenvalue weighted by atomic mass is 9.97. The molecular weight excluding hydrogens is 310 g/mol. The average molecular weight is 332 g/mol. The van der Waals surface area contributed by atoms with Crippen molar-refractivity contribution in [2.24, 2.45) is 18.7 Å². The first kappa shape index (κ1) is 15.9. The molecule has 2 heterocycles. The number of nitrogens with one attached hydrogen (secondary N) is 1. The van der Waals surface area contributed by atoms with Crippen molar-refractivity contribution in [3.63, 3.8) is 0 Å². The van der Waals surface area contributed by atoms with Crippen LogP contribution in [0.4, 0.5) is 0 Å². The molecule has 6 nitrogen and oxygen atoms in total. The van der Waals surface area contributed by atoms with E-state index < -0.39 is 0 Å². The van der Waals surface area contributed by atoms with Crippen molar-refractivity contribution in [3.8, 4) is 11.4 Å². The van der Waals surface area contributed by atoms with Crippen LogP contribution < -0.4 is 10.6 Å². The van der Waals surface area contributed by atoms with E-state index in [2.05, 4.69) is 0 Å². The summed E-state index contributed by atoms with van der Waals surface area (Å²) < 4.78 is 4.55. The number of primary amides is 1. The van der Waals surface area contributed by atoms with E-state index in [1.165, 1.54) is 4.90 Å². The highest BCUT2D eigenvalue weighted by molar-refractivity contribution is 7.71. The van der Waals surface area contributed by atoms with Gasteiger partial charge in [-0.05, 0) is 12.2 Å². The van der Waals surface area contributed by atoms with Gasteiger partial charge in [0.05, 0.1) is 13.1 Å². The number of benzene rings is 1. The third-order valence-electron chi connectivity index (χ3n) is 4.54. The smallest absolute Gasteiger partial charge is 0.220 e. The van der Waals surface area contributed by atoms with E-state index in [-0.39, 0.29) is 11.8 Å². The lowest BCUT2D eigenvalue weighted by Gasteiger charge is -2.27. The number of hydrogen-bond donors (Lipinski definition) is 2. The Morgan fingerprint density at radius 1 is 1.35 bits per heavy atom. The fourth-order valence-corrected chi connectivity index (χ4v) is 3.30. The first-order valence-corrected chi connectivity index (χ1v) is 8.29. The molecule has 122 valence electrons. The van der Waals surface area contributed by atoms with Crippen molar-refractivity contribution in [1.82, 2.24) is 14.3 Å². The van der Waals surface area contributed by atoms with Gasteiger partial charge in [0.2, 0.25) is 10.7 Å². The molecule has 23 heavy (non-hydrogen) atoms. The van der Waals surface area contributed by atoms with Gasteiger partial charge in [-0.25, -0.2) is 0 Å². The van der Waals surface area contributed by atoms with Gasteiger partial charge in [-0.3, -0.25) is 4.79 Å². The Morgan fingerprint density at radius 3 is 2.61 bits per heavy atom. The topological polar surface area (TPSA) is 70.3 Å². The molecule has 1 amide bonds. The number of likely N-dealkylation sites (tertiary alicyclic amines) is 1. The summed E-state index contributed by atoms with van der Waals surface area (Å²) in [5, 5.41) is 4.69. The van der Waals surface area contributed by atoms with E-state index in [9.17, 15) is 4.79 Å². The number of nitrogens with zero attached hydrogens (tertiary/aromatic N) is 3. The normalized spacial score (nSPS) is 21.3. The van der Waals surface area contributed by atoms with Gasteiger partial charge in [0, 0.05) is 31.4 Å². The summed E-state index contributed by atoms with van der Waals surface area (Å²) in [4.78, 5) is 12.6. The van der Waals surface area contributed by atoms with Crippen LogP contribution >= 0.6 is 12.2 Å². The maximum absolute atomic E-state index is 11.3. The zero-order valence-electron chi connectivity index (χ0n) is 13.2. The Kier molecular flexibility index (Phi) is 4.58. The Morgan fingerprint density at radius 2 is 2.00 bits per heavy atom. The van der Waals surface area contributed by atoms with E-state index in [1.54, 1.807) is 0 Å². The molecule has 0 bridgehead atoms. The Bertz CT molecular complexity index is 744. The fourth-order valence-electron chi connectivity index (χ4n) is 3.11. The summed E-state index contributed by atoms with van der Waals surface area (Å²) in [5.41, 5.74) is 6.45. The predicted molar refractivity (Wildman–Crippen MR) is 90.1 cm³/mol. The van der Waals surface area contributed by atoms with E-state index in [4.69, 9.17) is 23.1 Å². The van der Waals surface area contributed by atoms with Crippen molar-refractivity contribution in [1.29, 1.82) is 0 Å². The van der Waals surface area contributed by atoms with Crippen LogP contribution in [0.1, 0.15) is 12.8 Å². The van der Waals surface area contributed by atoms with Gasteiger partial charge in [-0.15, -0.1) is 5.10 Å². The zero-order chi connectivity index (χ0) is 16.4. The largest absolute Gasteiger partial charge is 0.369 e. The summed E-state index contributed by atoms with van der Waals surface area (Å²) in [6.07, 6.45) is 1.69. The number of carbonyl (C=O) groups excluding carboxylic acids is 1. The van der Waals surface area contributed by atoms with Crippen molar-refractivity contribution in [2.45, 2.75) is 19.5 Å². The minimum Gasteiger partial charge on any atom is -0.369 e. The molecule has 0 unspecified atom stereocenters. The molecule has 1 aliphatic heterocycles. The van der Waals surface area contributed by atoms with Crippen molar-refractivity contribution < 1.29 is 9.69 Å². The van der Waals surface area contributed by atoms with Gasteiger partial charge in [0.25, 0.3) is 0 Å². The van der Waals surface area contributed by atoms with Gasteiger partial charge in [0.1, 0.15) is 0 Å². The number of nitrogens with two attached hydrogens (primary N) is 1. The average Bonchev–Trinajstić information content (AvgIpc) is 2.85. The lowest BCUT2D eigenvalue weighted by Crippen LogP contribution is -3.12. The second kappa shape index (κ2) is 6.64. The van der Waals surface area contributed by atoms with Crippen molar-refractivity contribution in [2.75, 3.05) is 13.1 Å². The molecule has 1 saturated heterocycles. The monoisotopic (exact) mass is 332 g/mol. The van der Waals surface area contributed by atoms with Crippen LogP contribution in [0.5, 0.6) is 0 Å². The maximum Gasteiger partial charge on any atom is 0.220 e. The second-order valence-corrected chi connectivity index (χ2v) is 6.48. The van der Waals surface area contributed by atoms with Gasteiger partial charge >= 0.3 is 0 Å². The third-order valence-corrected chi connectivity index (χ3v) is 5.03. The van der Waals surface area contributed by atoms with Crippen molar-refractivity contribution in [3.05, 3.63) is 35.1 Å². The number of hydrogen-bond acceptors (Lipinski definition) is 3. The number of amides is 1. The quantitative estimate of drug-likeness (QED) is 0.794. The highest BCUT2D eigenvalue weighted by Gasteiger charge is 2.26. The highest BCUT2D eigenvalue weighted by atomic mass is 32.1. The Balaban J connectivity index is 1.75. The molecule has 3 N–H and O–H groups in total. The Labute approximate surface area is 140 Å². The van der Waals surface area contributed by atoms with Gasteiger partial charge in [0.15, 0.2) is 12.5 Å². The molecule has 7 heteroatoms. The number of aromatic nitrogens is 3. The molecule has 0 aliphatic carbocycles. The van der Waals surface area contributed by atoms with Crippen LogP contribution in [0.15, 0.2) is 30.3 Å². The third kappa shape index (κ3) is 3.35. The van der Waals surface area contributed by atoms with Gasteiger partial charge in [-0.2, -0.15) is 4.68 Å². The summed E-state index contributed by atoms with van der Waals surface area (Å²) >= 11 is 5.52. The molecule has 0 atom stereocenters. The molecule has 0 spiro atoms. The lowest BCUT2D eigenvalue weighted by molar-refractivity contribution is -0.928. The van der Waals surface area contributed by atoms with Crippen LogP contribution in [0.2, 0.25) is 0 Å². The maximum atomic E-state index is 11.3. The second-order valence-electron chi connectivity index (χ2n) is 6.12. The van der Waals surface area contributed by atoms with Crippen LogP contribution in [0.25, 0.3) is 11.4 Å². The predicted octanol–water partition coefficient (Wildman–Crippen LogP) is 0.356. The summed E-state index contributed by atoms with van der Waals surface area (Å²) in [6, 6.07) is 10.1. The minimum absolute atomic E-state index is 0.0235. The van der Waals surface area contributed by atoms with Crippen LogP contribution in [0.3, 0.4) is 0 Å². The van der Waals surface area contributed by atoms with Crippen LogP contribution in [0, 0.1) is 10.7 Å². The molecular formula is C16H22N5OS+. The minimum atomic E-state index is -0.176. The van der Waals surface area contributed by atoms with Gasteiger partial charge < -0.3 is 15.2 Å². The molecule has 1 fully saturated rings. The Hall–Kier alpha value is -1.99.